The number of nitriles is 1. The molecule has 0 unspecified atom stereocenters. The lowest BCUT2D eigenvalue weighted by atomic mass is 9.88. The molecule has 0 aliphatic carbocycles. The molecule has 1 rings (SSSR count). The molecule has 0 amide bonds. The van der Waals surface area contributed by atoms with E-state index in [1.165, 1.54) is 12.1 Å². The van der Waals surface area contributed by atoms with Gasteiger partial charge < -0.3 is 5.11 Å². The van der Waals surface area contributed by atoms with Crippen molar-refractivity contribution in [2.45, 2.75) is 31.7 Å². The monoisotopic (exact) mass is 330 g/mol. The van der Waals surface area contributed by atoms with Crippen LogP contribution in [0.1, 0.15) is 26.3 Å². The second-order valence-corrected chi connectivity index (χ2v) is 7.61. The van der Waals surface area contributed by atoms with Crippen LogP contribution in [0.25, 0.3) is 0 Å². The zero-order valence-electron chi connectivity index (χ0n) is 11.7. The number of nitrogens with zero attached hydrogens (tertiary/aromatic N) is 1. The number of carboxylic acids is 1. The smallest absolute Gasteiger partial charge is 0.322 e. The number of halogens is 1. The van der Waals surface area contributed by atoms with Crippen molar-refractivity contribution in [2.75, 3.05) is 0 Å². The van der Waals surface area contributed by atoms with Gasteiger partial charge in [-0.05, 0) is 23.6 Å². The van der Waals surface area contributed by atoms with Crippen LogP contribution in [0.15, 0.2) is 23.1 Å². The Balaban J connectivity index is 3.30. The highest BCUT2D eigenvalue weighted by Crippen LogP contribution is 2.26. The van der Waals surface area contributed by atoms with E-state index < -0.39 is 27.4 Å². The summed E-state index contributed by atoms with van der Waals surface area (Å²) < 4.78 is 26.7. The Hall–Kier alpha value is -1.62. The first kappa shape index (κ1) is 17.4. The summed E-state index contributed by atoms with van der Waals surface area (Å²) in [5.74, 6) is -1.29. The predicted molar refractivity (Wildman–Crippen MR) is 77.4 cm³/mol. The molecule has 1 atom stereocenters. The standard InChI is InChI=1S/C13H15ClN2O4S/c1-13(2,3)11(12(17)18)16-21(19,20)10-6-8(7-15)4-5-9(10)14/h4-6,11,16H,1-3H3,(H,17,18)/t11-/m1/s1. The van der Waals surface area contributed by atoms with Crippen molar-refractivity contribution in [3.8, 4) is 6.07 Å². The zero-order valence-corrected chi connectivity index (χ0v) is 13.3. The van der Waals surface area contributed by atoms with Gasteiger partial charge in [0.25, 0.3) is 0 Å². The fraction of sp³-hybridized carbons (Fsp3) is 0.385. The quantitative estimate of drug-likeness (QED) is 0.877. The molecule has 21 heavy (non-hydrogen) atoms. The lowest BCUT2D eigenvalue weighted by Gasteiger charge is -2.27. The van der Waals surface area contributed by atoms with Gasteiger partial charge in [-0.2, -0.15) is 9.98 Å². The van der Waals surface area contributed by atoms with E-state index >= 15 is 0 Å². The molecular formula is C13H15ClN2O4S. The fourth-order valence-electron chi connectivity index (χ4n) is 1.60. The summed E-state index contributed by atoms with van der Waals surface area (Å²) in [6, 6.07) is 4.23. The molecule has 0 aliphatic heterocycles. The number of benzene rings is 1. The lowest BCUT2D eigenvalue weighted by molar-refractivity contribution is -0.141. The maximum absolute atomic E-state index is 12.3. The minimum Gasteiger partial charge on any atom is -0.480 e. The van der Waals surface area contributed by atoms with Crippen LogP contribution < -0.4 is 4.72 Å². The molecule has 0 saturated carbocycles. The summed E-state index contributed by atoms with van der Waals surface area (Å²) in [6.45, 7) is 4.80. The van der Waals surface area contributed by atoms with Gasteiger partial charge in [-0.1, -0.05) is 32.4 Å². The maximum atomic E-state index is 12.3. The van der Waals surface area contributed by atoms with Crippen molar-refractivity contribution in [1.29, 1.82) is 5.26 Å². The van der Waals surface area contributed by atoms with Crippen LogP contribution in [0.2, 0.25) is 5.02 Å². The average molecular weight is 331 g/mol. The van der Waals surface area contributed by atoms with E-state index in [0.29, 0.717) is 0 Å². The van der Waals surface area contributed by atoms with E-state index in [4.69, 9.17) is 16.9 Å². The van der Waals surface area contributed by atoms with Crippen molar-refractivity contribution in [1.82, 2.24) is 4.72 Å². The highest BCUT2D eigenvalue weighted by Gasteiger charge is 2.35. The Morgan fingerprint density at radius 1 is 1.43 bits per heavy atom. The molecule has 0 aliphatic rings. The number of aliphatic carboxylic acids is 1. The Labute approximate surface area is 128 Å². The molecule has 114 valence electrons. The minimum absolute atomic E-state index is 0.0838. The van der Waals surface area contributed by atoms with Gasteiger partial charge in [0.15, 0.2) is 0 Å². The first-order chi connectivity index (χ1) is 9.49. The molecule has 0 heterocycles. The van der Waals surface area contributed by atoms with E-state index in [1.54, 1.807) is 26.8 Å². The Morgan fingerprint density at radius 3 is 2.43 bits per heavy atom. The van der Waals surface area contributed by atoms with Crippen molar-refractivity contribution in [2.24, 2.45) is 5.41 Å². The topological polar surface area (TPSA) is 107 Å². The highest BCUT2D eigenvalue weighted by molar-refractivity contribution is 7.89. The Bertz CT molecular complexity index is 702. The van der Waals surface area contributed by atoms with Crippen LogP contribution in [0, 0.1) is 16.7 Å². The third kappa shape index (κ3) is 4.17. The van der Waals surface area contributed by atoms with Crippen molar-refractivity contribution in [3.05, 3.63) is 28.8 Å². The van der Waals surface area contributed by atoms with Gasteiger partial charge in [0, 0.05) is 0 Å². The van der Waals surface area contributed by atoms with E-state index in [0.717, 1.165) is 6.07 Å². The third-order valence-corrected chi connectivity index (χ3v) is 4.64. The SMILES string of the molecule is CC(C)(C)[C@H](NS(=O)(=O)c1cc(C#N)ccc1Cl)C(=O)O. The van der Waals surface area contributed by atoms with Crippen LogP contribution >= 0.6 is 11.6 Å². The highest BCUT2D eigenvalue weighted by atomic mass is 35.5. The summed E-state index contributed by atoms with van der Waals surface area (Å²) >= 11 is 5.84. The van der Waals surface area contributed by atoms with Gasteiger partial charge in [-0.3, -0.25) is 4.79 Å². The first-order valence-electron chi connectivity index (χ1n) is 5.94. The van der Waals surface area contributed by atoms with E-state index in [1.807, 2.05) is 0 Å². The normalized spacial score (nSPS) is 13.5. The fourth-order valence-corrected chi connectivity index (χ4v) is 3.52. The molecule has 2 N–H and O–H groups in total. The van der Waals surface area contributed by atoms with Gasteiger partial charge in [0.2, 0.25) is 10.0 Å². The number of carboxylic acid groups (broad SMARTS) is 1. The second-order valence-electron chi connectivity index (χ2n) is 5.52. The van der Waals surface area contributed by atoms with E-state index in [9.17, 15) is 18.3 Å². The van der Waals surface area contributed by atoms with E-state index in [-0.39, 0.29) is 15.5 Å². The van der Waals surface area contributed by atoms with Crippen LogP contribution in [0.4, 0.5) is 0 Å². The van der Waals surface area contributed by atoms with Crippen LogP contribution in [0.5, 0.6) is 0 Å². The van der Waals surface area contributed by atoms with Crippen LogP contribution in [-0.4, -0.2) is 25.5 Å². The number of carbonyl (C=O) groups is 1. The van der Waals surface area contributed by atoms with Crippen molar-refractivity contribution < 1.29 is 18.3 Å². The zero-order chi connectivity index (χ0) is 16.4. The van der Waals surface area contributed by atoms with Crippen molar-refractivity contribution in [3.63, 3.8) is 0 Å². The molecule has 0 fully saturated rings. The summed E-state index contributed by atoms with van der Waals surface area (Å²) in [6.07, 6.45) is 0. The molecule has 0 radical (unpaired) electrons. The number of rotatable bonds is 4. The van der Waals surface area contributed by atoms with Gasteiger partial charge in [0.1, 0.15) is 10.9 Å². The van der Waals surface area contributed by atoms with Crippen LogP contribution in [0.3, 0.4) is 0 Å². The van der Waals surface area contributed by atoms with Crippen LogP contribution in [-0.2, 0) is 14.8 Å². The largest absolute Gasteiger partial charge is 0.480 e. The molecule has 8 heteroatoms. The average Bonchev–Trinajstić information content (AvgIpc) is 2.35. The molecule has 0 spiro atoms. The summed E-state index contributed by atoms with van der Waals surface area (Å²) in [5.41, 5.74) is -0.722. The second kappa shape index (κ2) is 6.02. The van der Waals surface area contributed by atoms with Gasteiger partial charge in [-0.25, -0.2) is 8.42 Å². The van der Waals surface area contributed by atoms with Crippen molar-refractivity contribution >= 4 is 27.6 Å². The molecule has 6 nitrogen and oxygen atoms in total. The maximum Gasteiger partial charge on any atom is 0.322 e. The predicted octanol–water partition coefficient (Wildman–Crippen LogP) is 1.99. The van der Waals surface area contributed by atoms with Gasteiger partial charge in [-0.15, -0.1) is 0 Å². The minimum atomic E-state index is -4.16. The lowest BCUT2D eigenvalue weighted by Crippen LogP contribution is -2.49. The number of hydrogen-bond acceptors (Lipinski definition) is 4. The Morgan fingerprint density at radius 2 is 2.00 bits per heavy atom. The summed E-state index contributed by atoms with van der Waals surface area (Å²) in [7, 11) is -4.16. The third-order valence-electron chi connectivity index (χ3n) is 2.74. The number of sulfonamides is 1. The van der Waals surface area contributed by atoms with E-state index in [2.05, 4.69) is 4.72 Å². The first-order valence-corrected chi connectivity index (χ1v) is 7.80. The molecule has 0 saturated heterocycles. The molecule has 0 bridgehead atoms. The molecule has 0 aromatic heterocycles. The van der Waals surface area contributed by atoms with Gasteiger partial charge >= 0.3 is 5.97 Å². The summed E-state index contributed by atoms with van der Waals surface area (Å²) in [5, 5.41) is 17.9. The molecule has 1 aromatic carbocycles. The summed E-state index contributed by atoms with van der Waals surface area (Å²) in [4.78, 5) is 10.9. The Kier molecular flexibility index (Phi) is 4.99. The molecular weight excluding hydrogens is 316 g/mol. The number of nitrogens with one attached hydrogen (secondary N) is 1. The molecule has 1 aromatic rings. The number of hydrogen-bond donors (Lipinski definition) is 2. The van der Waals surface area contributed by atoms with Gasteiger partial charge in [0.05, 0.1) is 16.7 Å².